The molecule has 6 heteroatoms. The Morgan fingerprint density at radius 2 is 1.96 bits per heavy atom. The van der Waals surface area contributed by atoms with Crippen LogP contribution in [0.3, 0.4) is 0 Å². The number of para-hydroxylation sites is 1. The van der Waals surface area contributed by atoms with Gasteiger partial charge in [-0.2, -0.15) is 0 Å². The highest BCUT2D eigenvalue weighted by molar-refractivity contribution is 6.31. The maximum atomic E-state index is 12.8. The first-order valence-electron chi connectivity index (χ1n) is 8.06. The van der Waals surface area contributed by atoms with Gasteiger partial charge in [0.15, 0.2) is 0 Å². The standard InChI is InChI=1S/C18H17ClN4O/c19-14-7-2-1-6-13(14)16-10-5-11-22(16)18(24)12-23-17-9-4-3-8-15(17)20-21-23/h1-4,6-9,16H,5,10-12H2. The number of nitrogens with zero attached hydrogens (tertiary/aromatic N) is 4. The van der Waals surface area contributed by atoms with Gasteiger partial charge in [0.05, 0.1) is 11.6 Å². The van der Waals surface area contributed by atoms with Gasteiger partial charge in [0.1, 0.15) is 12.1 Å². The van der Waals surface area contributed by atoms with Crippen LogP contribution in [-0.2, 0) is 11.3 Å². The summed E-state index contributed by atoms with van der Waals surface area (Å²) in [5.74, 6) is 0.0491. The molecular weight excluding hydrogens is 324 g/mol. The van der Waals surface area contributed by atoms with E-state index < -0.39 is 0 Å². The first-order chi connectivity index (χ1) is 11.7. The lowest BCUT2D eigenvalue weighted by Gasteiger charge is -2.25. The molecule has 1 fully saturated rings. The molecule has 0 radical (unpaired) electrons. The van der Waals surface area contributed by atoms with Gasteiger partial charge in [-0.3, -0.25) is 4.79 Å². The van der Waals surface area contributed by atoms with Crippen molar-refractivity contribution in [2.75, 3.05) is 6.54 Å². The fourth-order valence-electron chi connectivity index (χ4n) is 3.39. The van der Waals surface area contributed by atoms with Crippen LogP contribution in [0.2, 0.25) is 5.02 Å². The van der Waals surface area contributed by atoms with Gasteiger partial charge in [-0.25, -0.2) is 4.68 Å². The van der Waals surface area contributed by atoms with Crippen LogP contribution in [0.25, 0.3) is 11.0 Å². The number of amides is 1. The topological polar surface area (TPSA) is 51.0 Å². The molecule has 2 aromatic carbocycles. The number of halogens is 1. The van der Waals surface area contributed by atoms with E-state index in [0.717, 1.165) is 36.0 Å². The molecule has 3 aromatic rings. The Morgan fingerprint density at radius 1 is 1.17 bits per heavy atom. The largest absolute Gasteiger partial charge is 0.334 e. The number of fused-ring (bicyclic) bond motifs is 1. The van der Waals surface area contributed by atoms with Crippen molar-refractivity contribution in [3.63, 3.8) is 0 Å². The van der Waals surface area contributed by atoms with Gasteiger partial charge in [0.25, 0.3) is 0 Å². The summed E-state index contributed by atoms with van der Waals surface area (Å²) in [5.41, 5.74) is 2.70. The van der Waals surface area contributed by atoms with Gasteiger partial charge < -0.3 is 4.90 Å². The molecular formula is C18H17ClN4O. The number of hydrogen-bond donors (Lipinski definition) is 0. The second-order valence-electron chi connectivity index (χ2n) is 6.00. The van der Waals surface area contributed by atoms with Crippen molar-refractivity contribution in [3.8, 4) is 0 Å². The average Bonchev–Trinajstić information content (AvgIpc) is 3.23. The lowest BCUT2D eigenvalue weighted by Crippen LogP contribution is -2.33. The van der Waals surface area contributed by atoms with E-state index >= 15 is 0 Å². The van der Waals surface area contributed by atoms with E-state index in [1.807, 2.05) is 53.4 Å². The molecule has 1 saturated heterocycles. The molecule has 1 aromatic heterocycles. The fourth-order valence-corrected chi connectivity index (χ4v) is 3.65. The molecule has 4 rings (SSSR count). The van der Waals surface area contributed by atoms with E-state index in [1.165, 1.54) is 0 Å². The molecule has 0 saturated carbocycles. The Labute approximate surface area is 144 Å². The smallest absolute Gasteiger partial charge is 0.244 e. The van der Waals surface area contributed by atoms with Gasteiger partial charge in [0, 0.05) is 11.6 Å². The van der Waals surface area contributed by atoms with Crippen LogP contribution in [0.15, 0.2) is 48.5 Å². The highest BCUT2D eigenvalue weighted by Crippen LogP contribution is 2.35. The SMILES string of the molecule is O=C(Cn1nnc2ccccc21)N1CCCC1c1ccccc1Cl. The van der Waals surface area contributed by atoms with Crippen LogP contribution in [0.4, 0.5) is 0 Å². The summed E-state index contributed by atoms with van der Waals surface area (Å²) >= 11 is 6.33. The van der Waals surface area contributed by atoms with E-state index in [0.29, 0.717) is 5.02 Å². The van der Waals surface area contributed by atoms with E-state index in [9.17, 15) is 4.79 Å². The molecule has 5 nitrogen and oxygen atoms in total. The number of rotatable bonds is 3. The number of carbonyl (C=O) groups is 1. The molecule has 1 aliphatic rings. The van der Waals surface area contributed by atoms with Crippen LogP contribution in [0.1, 0.15) is 24.4 Å². The first kappa shape index (κ1) is 15.1. The van der Waals surface area contributed by atoms with Gasteiger partial charge in [-0.15, -0.1) is 5.10 Å². The van der Waals surface area contributed by atoms with Crippen LogP contribution >= 0.6 is 11.6 Å². The normalized spacial score (nSPS) is 17.5. The summed E-state index contributed by atoms with van der Waals surface area (Å²) in [6.45, 7) is 0.947. The first-order valence-corrected chi connectivity index (χ1v) is 8.44. The molecule has 0 spiro atoms. The Kier molecular flexibility index (Phi) is 3.94. The fraction of sp³-hybridized carbons (Fsp3) is 0.278. The van der Waals surface area contributed by atoms with Crippen LogP contribution in [-0.4, -0.2) is 32.3 Å². The predicted octanol–water partition coefficient (Wildman–Crippen LogP) is 3.45. The van der Waals surface area contributed by atoms with Crippen molar-refractivity contribution >= 4 is 28.5 Å². The monoisotopic (exact) mass is 340 g/mol. The summed E-state index contributed by atoms with van der Waals surface area (Å²) in [7, 11) is 0. The Hall–Kier alpha value is -2.40. The molecule has 2 heterocycles. The van der Waals surface area contributed by atoms with Crippen molar-refractivity contribution < 1.29 is 4.79 Å². The molecule has 0 aliphatic carbocycles. The molecule has 24 heavy (non-hydrogen) atoms. The number of hydrogen-bond acceptors (Lipinski definition) is 3. The second-order valence-corrected chi connectivity index (χ2v) is 6.41. The van der Waals surface area contributed by atoms with Crippen molar-refractivity contribution in [1.82, 2.24) is 19.9 Å². The molecule has 1 aliphatic heterocycles. The second kappa shape index (κ2) is 6.24. The zero-order valence-corrected chi connectivity index (χ0v) is 13.9. The minimum Gasteiger partial charge on any atom is -0.334 e. The van der Waals surface area contributed by atoms with Crippen molar-refractivity contribution in [3.05, 3.63) is 59.1 Å². The van der Waals surface area contributed by atoms with Gasteiger partial charge in [-0.05, 0) is 36.6 Å². The third-order valence-electron chi connectivity index (χ3n) is 4.54. The number of carbonyl (C=O) groups excluding carboxylic acids is 1. The minimum atomic E-state index is 0.0426. The van der Waals surface area contributed by atoms with E-state index in [1.54, 1.807) is 4.68 Å². The van der Waals surface area contributed by atoms with E-state index in [-0.39, 0.29) is 18.5 Å². The van der Waals surface area contributed by atoms with Gasteiger partial charge >= 0.3 is 0 Å². The van der Waals surface area contributed by atoms with Crippen LogP contribution in [0.5, 0.6) is 0 Å². The van der Waals surface area contributed by atoms with Gasteiger partial charge in [-0.1, -0.05) is 47.1 Å². The summed E-state index contributed by atoms with van der Waals surface area (Å²) in [6, 6.07) is 15.5. The molecule has 0 N–H and O–H groups in total. The van der Waals surface area contributed by atoms with Gasteiger partial charge in [0.2, 0.25) is 5.91 Å². The summed E-state index contributed by atoms with van der Waals surface area (Å²) in [5, 5.41) is 8.94. The number of benzene rings is 2. The molecule has 1 unspecified atom stereocenters. The Bertz CT molecular complexity index is 891. The van der Waals surface area contributed by atoms with Crippen LogP contribution < -0.4 is 0 Å². The van der Waals surface area contributed by atoms with E-state index in [4.69, 9.17) is 11.6 Å². The van der Waals surface area contributed by atoms with E-state index in [2.05, 4.69) is 10.3 Å². The van der Waals surface area contributed by atoms with Crippen molar-refractivity contribution in [2.24, 2.45) is 0 Å². The highest BCUT2D eigenvalue weighted by Gasteiger charge is 2.31. The Morgan fingerprint density at radius 3 is 2.83 bits per heavy atom. The summed E-state index contributed by atoms with van der Waals surface area (Å²) in [4.78, 5) is 14.8. The maximum Gasteiger partial charge on any atom is 0.244 e. The molecule has 122 valence electrons. The average molecular weight is 341 g/mol. The lowest BCUT2D eigenvalue weighted by molar-refractivity contribution is -0.132. The van der Waals surface area contributed by atoms with Crippen molar-refractivity contribution in [1.29, 1.82) is 0 Å². The Balaban J connectivity index is 1.58. The third kappa shape index (κ3) is 2.65. The third-order valence-corrected chi connectivity index (χ3v) is 4.89. The minimum absolute atomic E-state index is 0.0426. The molecule has 1 amide bonds. The maximum absolute atomic E-state index is 12.8. The molecule has 1 atom stereocenters. The number of likely N-dealkylation sites (tertiary alicyclic amines) is 1. The lowest BCUT2D eigenvalue weighted by atomic mass is 10.0. The quantitative estimate of drug-likeness (QED) is 0.733. The van der Waals surface area contributed by atoms with Crippen LogP contribution in [0, 0.1) is 0 Å². The number of aromatic nitrogens is 3. The zero-order chi connectivity index (χ0) is 16.5. The zero-order valence-electron chi connectivity index (χ0n) is 13.1. The predicted molar refractivity (Wildman–Crippen MR) is 92.7 cm³/mol. The van der Waals surface area contributed by atoms with Crippen molar-refractivity contribution in [2.45, 2.75) is 25.4 Å². The summed E-state index contributed by atoms with van der Waals surface area (Å²) < 4.78 is 1.67. The summed E-state index contributed by atoms with van der Waals surface area (Å²) in [6.07, 6.45) is 1.92. The highest BCUT2D eigenvalue weighted by atomic mass is 35.5. The molecule has 0 bridgehead atoms.